The van der Waals surface area contributed by atoms with Crippen LogP contribution in [0.5, 0.6) is 5.88 Å². The Morgan fingerprint density at radius 2 is 2.00 bits per heavy atom. The summed E-state index contributed by atoms with van der Waals surface area (Å²) in [5, 5.41) is 0. The lowest BCUT2D eigenvalue weighted by Gasteiger charge is -2.18. The van der Waals surface area contributed by atoms with Gasteiger partial charge in [0.05, 0.1) is 6.10 Å². The van der Waals surface area contributed by atoms with E-state index in [9.17, 15) is 0 Å². The second-order valence-electron chi connectivity index (χ2n) is 4.76. The highest BCUT2D eigenvalue weighted by Gasteiger charge is 2.11. The number of ether oxygens (including phenoxy) is 1. The molecule has 0 spiro atoms. The number of hydrogen-bond acceptors (Lipinski definition) is 2. The van der Waals surface area contributed by atoms with E-state index >= 15 is 0 Å². The van der Waals surface area contributed by atoms with Crippen LogP contribution in [0.3, 0.4) is 0 Å². The lowest BCUT2D eigenvalue weighted by molar-refractivity contribution is 0.163. The molecule has 0 aromatic carbocycles. The molecule has 1 aromatic heterocycles. The molecular weight excluding hydrogens is 234 g/mol. The summed E-state index contributed by atoms with van der Waals surface area (Å²) in [4.78, 5) is 4.51. The van der Waals surface area contributed by atoms with Gasteiger partial charge in [-0.15, -0.1) is 11.6 Å². The molecule has 0 amide bonds. The van der Waals surface area contributed by atoms with Gasteiger partial charge in [-0.2, -0.15) is 0 Å². The molecule has 0 saturated carbocycles. The zero-order valence-corrected chi connectivity index (χ0v) is 11.9. The average molecular weight is 256 g/mol. The van der Waals surface area contributed by atoms with E-state index in [1.807, 2.05) is 6.07 Å². The molecule has 2 nitrogen and oxygen atoms in total. The lowest BCUT2D eigenvalue weighted by atomic mass is 10.1. The second kappa shape index (κ2) is 6.85. The molecule has 96 valence electrons. The van der Waals surface area contributed by atoms with E-state index in [0.29, 0.717) is 17.7 Å². The van der Waals surface area contributed by atoms with Crippen molar-refractivity contribution in [2.45, 2.75) is 52.5 Å². The maximum atomic E-state index is 5.89. The third-order valence-electron chi connectivity index (χ3n) is 2.82. The van der Waals surface area contributed by atoms with Gasteiger partial charge in [0.15, 0.2) is 0 Å². The fourth-order valence-corrected chi connectivity index (χ4v) is 1.62. The minimum absolute atomic E-state index is 0.169. The van der Waals surface area contributed by atoms with Crippen LogP contribution in [0.4, 0.5) is 0 Å². The largest absolute Gasteiger partial charge is 0.474 e. The number of alkyl halides is 1. The number of nitrogens with zero attached hydrogens (tertiary/aromatic N) is 1. The van der Waals surface area contributed by atoms with E-state index in [1.165, 1.54) is 0 Å². The molecular formula is C14H22ClNO. The van der Waals surface area contributed by atoms with Crippen LogP contribution in [0, 0.1) is 5.92 Å². The smallest absolute Gasteiger partial charge is 0.214 e. The van der Waals surface area contributed by atoms with Crippen molar-refractivity contribution in [3.63, 3.8) is 0 Å². The number of rotatable bonds is 6. The van der Waals surface area contributed by atoms with E-state index in [0.717, 1.165) is 24.1 Å². The molecule has 1 unspecified atom stereocenters. The summed E-state index contributed by atoms with van der Waals surface area (Å²) in [7, 11) is 0. The highest BCUT2D eigenvalue weighted by atomic mass is 35.5. The topological polar surface area (TPSA) is 22.1 Å². The zero-order valence-electron chi connectivity index (χ0n) is 11.2. The van der Waals surface area contributed by atoms with E-state index in [1.54, 1.807) is 0 Å². The van der Waals surface area contributed by atoms with Crippen molar-refractivity contribution in [1.29, 1.82) is 0 Å². The molecule has 0 aliphatic heterocycles. The van der Waals surface area contributed by atoms with Crippen LogP contribution in [0.2, 0.25) is 0 Å². The first-order valence-electron chi connectivity index (χ1n) is 6.29. The molecule has 0 aliphatic carbocycles. The fourth-order valence-electron chi connectivity index (χ4n) is 1.47. The van der Waals surface area contributed by atoms with E-state index in [4.69, 9.17) is 16.3 Å². The van der Waals surface area contributed by atoms with E-state index in [2.05, 4.69) is 38.7 Å². The van der Waals surface area contributed by atoms with Gasteiger partial charge in [0, 0.05) is 17.6 Å². The predicted molar refractivity (Wildman–Crippen MR) is 72.7 cm³/mol. The molecule has 0 N–H and O–H groups in total. The van der Waals surface area contributed by atoms with Gasteiger partial charge in [0.25, 0.3) is 0 Å². The average Bonchev–Trinajstić information content (AvgIpc) is 2.28. The van der Waals surface area contributed by atoms with Crippen LogP contribution in [0.15, 0.2) is 12.1 Å². The van der Waals surface area contributed by atoms with Gasteiger partial charge in [0.1, 0.15) is 0 Å². The van der Waals surface area contributed by atoms with Gasteiger partial charge in [-0.1, -0.05) is 27.2 Å². The third-order valence-corrected chi connectivity index (χ3v) is 3.13. The van der Waals surface area contributed by atoms with Crippen molar-refractivity contribution in [2.75, 3.05) is 0 Å². The molecule has 0 saturated heterocycles. The first kappa shape index (κ1) is 14.3. The monoisotopic (exact) mass is 255 g/mol. The van der Waals surface area contributed by atoms with Gasteiger partial charge in [-0.3, -0.25) is 0 Å². The summed E-state index contributed by atoms with van der Waals surface area (Å²) in [6.45, 7) is 8.50. The first-order chi connectivity index (χ1) is 8.06. The van der Waals surface area contributed by atoms with Crippen LogP contribution in [0.1, 0.15) is 45.4 Å². The van der Waals surface area contributed by atoms with Crippen molar-refractivity contribution >= 4 is 11.6 Å². The minimum Gasteiger partial charge on any atom is -0.474 e. The van der Waals surface area contributed by atoms with Gasteiger partial charge in [-0.25, -0.2) is 4.98 Å². The number of aromatic nitrogens is 1. The predicted octanol–water partition coefficient (Wildman–Crippen LogP) is 4.20. The van der Waals surface area contributed by atoms with E-state index in [-0.39, 0.29) is 6.10 Å². The first-order valence-corrected chi connectivity index (χ1v) is 6.82. The number of pyridine rings is 1. The molecule has 1 rings (SSSR count). The summed E-state index contributed by atoms with van der Waals surface area (Å²) in [5.41, 5.74) is 2.15. The molecule has 17 heavy (non-hydrogen) atoms. The maximum Gasteiger partial charge on any atom is 0.214 e. The number of hydrogen-bond donors (Lipinski definition) is 0. The molecule has 0 fully saturated rings. The Morgan fingerprint density at radius 1 is 1.29 bits per heavy atom. The van der Waals surface area contributed by atoms with Crippen LogP contribution in [0.25, 0.3) is 0 Å². The molecule has 1 aromatic rings. The standard InChI is InChI=1S/C14H22ClNO/c1-5-6-13-7-12(9-15)8-14(16-13)17-11(4)10(2)3/h7-8,10-11H,5-6,9H2,1-4H3. The Morgan fingerprint density at radius 3 is 2.53 bits per heavy atom. The SMILES string of the molecule is CCCc1cc(CCl)cc(OC(C)C(C)C)n1. The Kier molecular flexibility index (Phi) is 5.76. The van der Waals surface area contributed by atoms with Crippen molar-refractivity contribution < 1.29 is 4.74 Å². The fraction of sp³-hybridized carbons (Fsp3) is 0.643. The highest BCUT2D eigenvalue weighted by molar-refractivity contribution is 6.17. The van der Waals surface area contributed by atoms with Crippen LogP contribution in [-0.4, -0.2) is 11.1 Å². The van der Waals surface area contributed by atoms with Crippen molar-refractivity contribution in [2.24, 2.45) is 5.92 Å². The highest BCUT2D eigenvalue weighted by Crippen LogP contribution is 2.18. The van der Waals surface area contributed by atoms with Crippen molar-refractivity contribution in [3.8, 4) is 5.88 Å². The van der Waals surface area contributed by atoms with Gasteiger partial charge < -0.3 is 4.74 Å². The quantitative estimate of drug-likeness (QED) is 0.711. The summed E-state index contributed by atoms with van der Waals surface area (Å²) in [5.74, 6) is 1.69. The lowest BCUT2D eigenvalue weighted by Crippen LogP contribution is -2.19. The van der Waals surface area contributed by atoms with Crippen LogP contribution in [-0.2, 0) is 12.3 Å². The van der Waals surface area contributed by atoms with Crippen molar-refractivity contribution in [1.82, 2.24) is 4.98 Å². The maximum absolute atomic E-state index is 5.89. The van der Waals surface area contributed by atoms with Crippen LogP contribution < -0.4 is 4.74 Å². The zero-order chi connectivity index (χ0) is 12.8. The number of halogens is 1. The Labute approximate surface area is 109 Å². The van der Waals surface area contributed by atoms with Gasteiger partial charge in [-0.05, 0) is 30.9 Å². The minimum atomic E-state index is 0.169. The molecule has 1 heterocycles. The summed E-state index contributed by atoms with van der Waals surface area (Å²) in [6, 6.07) is 3.99. The summed E-state index contributed by atoms with van der Waals surface area (Å²) < 4.78 is 5.84. The van der Waals surface area contributed by atoms with Crippen LogP contribution >= 0.6 is 11.6 Å². The second-order valence-corrected chi connectivity index (χ2v) is 5.02. The van der Waals surface area contributed by atoms with Gasteiger partial charge >= 0.3 is 0 Å². The Balaban J connectivity index is 2.86. The Bertz CT molecular complexity index is 352. The molecule has 0 radical (unpaired) electrons. The molecule has 1 atom stereocenters. The summed E-state index contributed by atoms with van der Waals surface area (Å²) >= 11 is 5.89. The van der Waals surface area contributed by atoms with E-state index < -0.39 is 0 Å². The Hall–Kier alpha value is -0.760. The third kappa shape index (κ3) is 4.55. The normalized spacial score (nSPS) is 12.8. The van der Waals surface area contributed by atoms with Crippen molar-refractivity contribution in [3.05, 3.63) is 23.4 Å². The number of aryl methyl sites for hydroxylation is 1. The molecule has 3 heteroatoms. The molecule has 0 aliphatic rings. The van der Waals surface area contributed by atoms with Gasteiger partial charge in [0.2, 0.25) is 5.88 Å². The summed E-state index contributed by atoms with van der Waals surface area (Å²) in [6.07, 6.45) is 2.22. The molecule has 0 bridgehead atoms.